The van der Waals surface area contributed by atoms with Crippen LogP contribution >= 0.6 is 0 Å². The largest absolute Gasteiger partial charge is 0.417 e. The van der Waals surface area contributed by atoms with Crippen LogP contribution in [0.4, 0.5) is 0 Å². The normalized spacial score (nSPS) is 9.09. The third kappa shape index (κ3) is 2.82. The molecule has 1 aromatic heterocycles. The molecule has 0 saturated heterocycles. The van der Waals surface area contributed by atoms with Gasteiger partial charge in [-0.05, 0) is 17.7 Å². The van der Waals surface area contributed by atoms with Gasteiger partial charge in [-0.3, -0.25) is 4.98 Å². The van der Waals surface area contributed by atoms with E-state index in [-0.39, 0.29) is 0 Å². The maximum absolute atomic E-state index is 4.73. The van der Waals surface area contributed by atoms with E-state index in [1.807, 2.05) is 12.1 Å². The molecule has 1 aromatic rings. The zero-order valence-electron chi connectivity index (χ0n) is 6.16. The number of rotatable bonds is 4. The highest BCUT2D eigenvalue weighted by atomic mass is 16.6. The van der Waals surface area contributed by atoms with E-state index in [1.54, 1.807) is 12.4 Å². The zero-order chi connectivity index (χ0) is 7.94. The first-order valence-electron chi connectivity index (χ1n) is 3.32. The molecule has 0 unspecified atom stereocenters. The first-order valence-corrected chi connectivity index (χ1v) is 3.32. The van der Waals surface area contributed by atoms with Crippen molar-refractivity contribution in [3.63, 3.8) is 0 Å². The highest BCUT2D eigenvalue weighted by Crippen LogP contribution is 1.94. The van der Waals surface area contributed by atoms with Gasteiger partial charge in [0.05, 0.1) is 6.54 Å². The van der Waals surface area contributed by atoms with Crippen molar-refractivity contribution in [2.45, 2.75) is 6.54 Å². The summed E-state index contributed by atoms with van der Waals surface area (Å²) in [6.45, 7) is 4.06. The maximum atomic E-state index is 4.73. The number of nitrogens with zero attached hydrogens (tertiary/aromatic N) is 1. The summed E-state index contributed by atoms with van der Waals surface area (Å²) in [7, 11) is 0. The van der Waals surface area contributed by atoms with E-state index in [1.165, 1.54) is 6.26 Å². The Morgan fingerprint density at radius 2 is 2.27 bits per heavy atom. The van der Waals surface area contributed by atoms with Crippen molar-refractivity contribution in [1.29, 1.82) is 0 Å². The van der Waals surface area contributed by atoms with E-state index >= 15 is 0 Å². The predicted octanol–water partition coefficient (Wildman–Crippen LogP) is 1.25. The van der Waals surface area contributed by atoms with Gasteiger partial charge in [0.15, 0.2) is 0 Å². The van der Waals surface area contributed by atoms with Gasteiger partial charge in [-0.15, -0.1) is 0 Å². The zero-order valence-corrected chi connectivity index (χ0v) is 6.16. The summed E-state index contributed by atoms with van der Waals surface area (Å²) >= 11 is 0. The number of hydrogen-bond acceptors (Lipinski definition) is 3. The van der Waals surface area contributed by atoms with Crippen LogP contribution in [-0.4, -0.2) is 4.98 Å². The highest BCUT2D eigenvalue weighted by molar-refractivity contribution is 5.08. The van der Waals surface area contributed by atoms with Crippen LogP contribution in [-0.2, 0) is 11.4 Å². The lowest BCUT2D eigenvalue weighted by Gasteiger charge is -2.00. The van der Waals surface area contributed by atoms with Gasteiger partial charge < -0.3 is 4.84 Å². The number of aromatic nitrogens is 1. The van der Waals surface area contributed by atoms with E-state index in [0.717, 1.165) is 5.56 Å². The first-order chi connectivity index (χ1) is 5.43. The summed E-state index contributed by atoms with van der Waals surface area (Å²) < 4.78 is 0. The van der Waals surface area contributed by atoms with Gasteiger partial charge in [-0.25, -0.2) is 0 Å². The average Bonchev–Trinajstić information content (AvgIpc) is 2.07. The number of hydroxylamine groups is 1. The molecule has 3 nitrogen and oxygen atoms in total. The molecule has 0 bridgehead atoms. The van der Waals surface area contributed by atoms with Gasteiger partial charge in [0, 0.05) is 12.4 Å². The molecule has 1 N–H and O–H groups in total. The fraction of sp³-hybridized carbons (Fsp3) is 0.125. The molecule has 0 saturated carbocycles. The molecule has 58 valence electrons. The van der Waals surface area contributed by atoms with Crippen molar-refractivity contribution in [3.05, 3.63) is 42.9 Å². The Labute approximate surface area is 65.7 Å². The minimum absolute atomic E-state index is 0.661. The van der Waals surface area contributed by atoms with Crippen LogP contribution < -0.4 is 5.48 Å². The second-order valence-corrected chi connectivity index (χ2v) is 1.96. The number of hydrogen-bond donors (Lipinski definition) is 1. The molecule has 3 heteroatoms. The minimum Gasteiger partial charge on any atom is -0.417 e. The van der Waals surface area contributed by atoms with E-state index in [2.05, 4.69) is 17.0 Å². The summed E-state index contributed by atoms with van der Waals surface area (Å²) in [6.07, 6.45) is 4.83. The summed E-state index contributed by atoms with van der Waals surface area (Å²) in [5, 5.41) is 0. The molecular formula is C8H10N2O. The fourth-order valence-electron chi connectivity index (χ4n) is 0.685. The summed E-state index contributed by atoms with van der Waals surface area (Å²) in [5.41, 5.74) is 3.83. The molecule has 1 heterocycles. The van der Waals surface area contributed by atoms with Crippen LogP contribution in [0.2, 0.25) is 0 Å². The summed E-state index contributed by atoms with van der Waals surface area (Å²) in [6, 6.07) is 3.83. The van der Waals surface area contributed by atoms with Gasteiger partial charge in [-0.1, -0.05) is 6.58 Å². The van der Waals surface area contributed by atoms with Crippen LogP contribution in [0.3, 0.4) is 0 Å². The lowest BCUT2D eigenvalue weighted by molar-refractivity contribution is 0.130. The minimum atomic E-state index is 0.661. The van der Waals surface area contributed by atoms with Crippen LogP contribution in [0.25, 0.3) is 0 Å². The van der Waals surface area contributed by atoms with Gasteiger partial charge in [0.1, 0.15) is 6.26 Å². The molecule has 0 radical (unpaired) electrons. The van der Waals surface area contributed by atoms with Gasteiger partial charge >= 0.3 is 0 Å². The Balaban J connectivity index is 2.33. The Morgan fingerprint density at radius 3 is 2.91 bits per heavy atom. The van der Waals surface area contributed by atoms with Gasteiger partial charge in [0.25, 0.3) is 0 Å². The Morgan fingerprint density at radius 1 is 1.55 bits per heavy atom. The molecule has 0 fully saturated rings. The second-order valence-electron chi connectivity index (χ2n) is 1.96. The van der Waals surface area contributed by atoms with Crippen LogP contribution in [0, 0.1) is 0 Å². The molecule has 0 amide bonds. The number of nitrogens with one attached hydrogen (secondary N) is 1. The standard InChI is InChI=1S/C8H10N2O/c1-2-11-10-7-8-3-5-9-6-4-8/h2-6,10H,1,7H2. The molecule has 0 aliphatic heterocycles. The molecule has 1 rings (SSSR count). The van der Waals surface area contributed by atoms with Crippen molar-refractivity contribution in [2.75, 3.05) is 0 Å². The smallest absolute Gasteiger partial charge is 0.104 e. The monoisotopic (exact) mass is 150 g/mol. The SMILES string of the molecule is C=CONCc1ccncc1. The van der Waals surface area contributed by atoms with Crippen molar-refractivity contribution in [2.24, 2.45) is 0 Å². The van der Waals surface area contributed by atoms with Crippen molar-refractivity contribution >= 4 is 0 Å². The molecular weight excluding hydrogens is 140 g/mol. The number of pyridine rings is 1. The lowest BCUT2D eigenvalue weighted by atomic mass is 10.3. The Kier molecular flexibility index (Phi) is 3.15. The molecule has 0 atom stereocenters. The quantitative estimate of drug-likeness (QED) is 0.398. The predicted molar refractivity (Wildman–Crippen MR) is 42.4 cm³/mol. The van der Waals surface area contributed by atoms with Crippen molar-refractivity contribution < 1.29 is 4.84 Å². The van der Waals surface area contributed by atoms with Crippen molar-refractivity contribution in [1.82, 2.24) is 10.5 Å². The van der Waals surface area contributed by atoms with E-state index in [4.69, 9.17) is 4.84 Å². The molecule has 11 heavy (non-hydrogen) atoms. The summed E-state index contributed by atoms with van der Waals surface area (Å²) in [5.74, 6) is 0. The van der Waals surface area contributed by atoms with E-state index in [9.17, 15) is 0 Å². The first kappa shape index (κ1) is 7.75. The van der Waals surface area contributed by atoms with Crippen molar-refractivity contribution in [3.8, 4) is 0 Å². The lowest BCUT2D eigenvalue weighted by Crippen LogP contribution is -2.09. The Bertz CT molecular complexity index is 211. The van der Waals surface area contributed by atoms with Crippen LogP contribution in [0.1, 0.15) is 5.56 Å². The topological polar surface area (TPSA) is 34.1 Å². The maximum Gasteiger partial charge on any atom is 0.104 e. The third-order valence-electron chi connectivity index (χ3n) is 1.19. The van der Waals surface area contributed by atoms with Gasteiger partial charge in [0.2, 0.25) is 0 Å². The average molecular weight is 150 g/mol. The molecule has 0 aliphatic rings. The molecule has 0 spiro atoms. The van der Waals surface area contributed by atoms with Gasteiger partial charge in [-0.2, -0.15) is 5.48 Å². The van der Waals surface area contributed by atoms with Crippen LogP contribution in [0.5, 0.6) is 0 Å². The second kappa shape index (κ2) is 4.46. The third-order valence-corrected chi connectivity index (χ3v) is 1.19. The highest BCUT2D eigenvalue weighted by Gasteiger charge is 1.87. The van der Waals surface area contributed by atoms with E-state index < -0.39 is 0 Å². The van der Waals surface area contributed by atoms with E-state index in [0.29, 0.717) is 6.54 Å². The summed E-state index contributed by atoms with van der Waals surface area (Å²) in [4.78, 5) is 8.62. The molecule has 0 aliphatic carbocycles. The fourth-order valence-corrected chi connectivity index (χ4v) is 0.685. The Hall–Kier alpha value is -1.35. The van der Waals surface area contributed by atoms with Crippen LogP contribution in [0.15, 0.2) is 37.4 Å². The molecule has 0 aromatic carbocycles.